The number of aliphatic hydroxyl groups is 1. The minimum Gasteiger partial charge on any atom is -0.395 e. The minimum atomic E-state index is -3.41. The Morgan fingerprint density at radius 2 is 1.85 bits per heavy atom. The Labute approximate surface area is 123 Å². The van der Waals surface area contributed by atoms with Crippen LogP contribution in [0.2, 0.25) is 0 Å². The second-order valence-corrected chi connectivity index (χ2v) is 8.12. The Kier molecular flexibility index (Phi) is 5.84. The van der Waals surface area contributed by atoms with E-state index >= 15 is 0 Å². The third-order valence-electron chi connectivity index (χ3n) is 4.54. The Morgan fingerprint density at radius 3 is 2.45 bits per heavy atom. The second kappa shape index (κ2) is 7.20. The zero-order valence-corrected chi connectivity index (χ0v) is 13.3. The lowest BCUT2D eigenvalue weighted by atomic mass is 9.95. The summed E-state index contributed by atoms with van der Waals surface area (Å²) in [4.78, 5) is 0. The Balaban J connectivity index is 2.13. The third-order valence-corrected chi connectivity index (χ3v) is 6.60. The van der Waals surface area contributed by atoms with Gasteiger partial charge < -0.3 is 5.11 Å². The highest BCUT2D eigenvalue weighted by Gasteiger charge is 2.36. The summed E-state index contributed by atoms with van der Waals surface area (Å²) in [6.07, 6.45) is 7.31. The van der Waals surface area contributed by atoms with Gasteiger partial charge in [0.2, 0.25) is 0 Å². The fourth-order valence-corrected chi connectivity index (χ4v) is 5.46. The molecule has 0 aromatic rings. The topological polar surface area (TPSA) is 60.9 Å². The molecule has 0 spiro atoms. The first-order valence-electron chi connectivity index (χ1n) is 7.93. The predicted molar refractivity (Wildman–Crippen MR) is 79.6 cm³/mol. The molecule has 1 aliphatic heterocycles. The maximum atomic E-state index is 12.9. The van der Waals surface area contributed by atoms with E-state index in [1.54, 1.807) is 8.61 Å². The van der Waals surface area contributed by atoms with Crippen molar-refractivity contribution >= 4 is 10.2 Å². The van der Waals surface area contributed by atoms with Crippen molar-refractivity contribution in [3.8, 4) is 0 Å². The van der Waals surface area contributed by atoms with Gasteiger partial charge in [0, 0.05) is 25.7 Å². The van der Waals surface area contributed by atoms with Gasteiger partial charge in [0.1, 0.15) is 0 Å². The summed E-state index contributed by atoms with van der Waals surface area (Å²) in [5.41, 5.74) is 0. The predicted octanol–water partition coefficient (Wildman–Crippen LogP) is 1.59. The summed E-state index contributed by atoms with van der Waals surface area (Å²) in [5.74, 6) is 0.431. The summed E-state index contributed by atoms with van der Waals surface area (Å²) < 4.78 is 28.9. The van der Waals surface area contributed by atoms with Gasteiger partial charge in [0.25, 0.3) is 10.2 Å². The van der Waals surface area contributed by atoms with E-state index in [0.29, 0.717) is 19.0 Å². The smallest absolute Gasteiger partial charge is 0.282 e. The molecule has 1 unspecified atom stereocenters. The van der Waals surface area contributed by atoms with E-state index in [-0.39, 0.29) is 19.2 Å². The molecule has 0 aromatic heterocycles. The van der Waals surface area contributed by atoms with Crippen molar-refractivity contribution in [1.29, 1.82) is 0 Å². The summed E-state index contributed by atoms with van der Waals surface area (Å²) in [5, 5.41) is 9.26. The minimum absolute atomic E-state index is 0.0816. The van der Waals surface area contributed by atoms with Crippen molar-refractivity contribution in [2.45, 2.75) is 57.9 Å². The molecule has 118 valence electrons. The summed E-state index contributed by atoms with van der Waals surface area (Å²) >= 11 is 0. The average Bonchev–Trinajstić information content (AvgIpc) is 2.45. The van der Waals surface area contributed by atoms with Gasteiger partial charge in [-0.15, -0.1) is 0 Å². The summed E-state index contributed by atoms with van der Waals surface area (Å²) in [7, 11) is -3.41. The van der Waals surface area contributed by atoms with Crippen LogP contribution in [0.1, 0.15) is 51.9 Å². The number of nitrogens with zero attached hydrogens (tertiary/aromatic N) is 2. The molecule has 0 radical (unpaired) electrons. The van der Waals surface area contributed by atoms with Crippen molar-refractivity contribution in [2.24, 2.45) is 5.92 Å². The van der Waals surface area contributed by atoms with Crippen molar-refractivity contribution in [1.82, 2.24) is 8.61 Å². The molecule has 2 aliphatic rings. The zero-order chi connectivity index (χ0) is 14.6. The number of aliphatic hydroxyl groups excluding tert-OH is 1. The Hall–Kier alpha value is -0.170. The van der Waals surface area contributed by atoms with Crippen LogP contribution in [0, 0.1) is 5.92 Å². The molecule has 0 aromatic carbocycles. The molecule has 1 aliphatic carbocycles. The van der Waals surface area contributed by atoms with Crippen molar-refractivity contribution in [2.75, 3.05) is 26.2 Å². The Morgan fingerprint density at radius 1 is 1.15 bits per heavy atom. The van der Waals surface area contributed by atoms with Crippen LogP contribution in [0.25, 0.3) is 0 Å². The lowest BCUT2D eigenvalue weighted by Gasteiger charge is -2.39. The standard InChI is InChI=1S/C14H28N2O3S/c1-13-6-5-9-15(12-13)20(18,19)16(10-11-17)14-7-3-2-4-8-14/h13-14,17H,2-12H2,1H3. The van der Waals surface area contributed by atoms with E-state index in [2.05, 4.69) is 6.92 Å². The van der Waals surface area contributed by atoms with Crippen LogP contribution in [0.5, 0.6) is 0 Å². The number of piperidine rings is 1. The highest BCUT2D eigenvalue weighted by molar-refractivity contribution is 7.86. The van der Waals surface area contributed by atoms with E-state index in [1.807, 2.05) is 0 Å². The fourth-order valence-electron chi connectivity index (χ4n) is 3.46. The van der Waals surface area contributed by atoms with E-state index in [0.717, 1.165) is 38.5 Å². The third kappa shape index (κ3) is 3.72. The van der Waals surface area contributed by atoms with Gasteiger partial charge in [-0.05, 0) is 31.6 Å². The molecule has 20 heavy (non-hydrogen) atoms. The first kappa shape index (κ1) is 16.2. The Bertz CT molecular complexity index is 393. The van der Waals surface area contributed by atoms with E-state index in [1.165, 1.54) is 6.42 Å². The molecule has 6 heteroatoms. The quantitative estimate of drug-likeness (QED) is 0.839. The lowest BCUT2D eigenvalue weighted by Crippen LogP contribution is -2.52. The van der Waals surface area contributed by atoms with Gasteiger partial charge in [-0.1, -0.05) is 26.2 Å². The molecule has 2 rings (SSSR count). The van der Waals surface area contributed by atoms with Gasteiger partial charge in [-0.2, -0.15) is 17.0 Å². The monoisotopic (exact) mass is 304 g/mol. The van der Waals surface area contributed by atoms with Gasteiger partial charge >= 0.3 is 0 Å². The SMILES string of the molecule is CC1CCCN(S(=O)(=O)N(CCO)C2CCCCC2)C1. The van der Waals surface area contributed by atoms with E-state index in [4.69, 9.17) is 0 Å². The number of hydrogen-bond donors (Lipinski definition) is 1. The van der Waals surface area contributed by atoms with Crippen molar-refractivity contribution < 1.29 is 13.5 Å². The van der Waals surface area contributed by atoms with E-state index in [9.17, 15) is 13.5 Å². The molecule has 0 bridgehead atoms. The lowest BCUT2D eigenvalue weighted by molar-refractivity contribution is 0.180. The van der Waals surface area contributed by atoms with Gasteiger partial charge in [-0.3, -0.25) is 0 Å². The van der Waals surface area contributed by atoms with Crippen LogP contribution >= 0.6 is 0 Å². The van der Waals surface area contributed by atoms with Crippen LogP contribution in [0.15, 0.2) is 0 Å². The number of hydrogen-bond acceptors (Lipinski definition) is 3. The largest absolute Gasteiger partial charge is 0.395 e. The van der Waals surface area contributed by atoms with Gasteiger partial charge in [0.05, 0.1) is 6.61 Å². The highest BCUT2D eigenvalue weighted by atomic mass is 32.2. The van der Waals surface area contributed by atoms with Crippen LogP contribution in [0.3, 0.4) is 0 Å². The highest BCUT2D eigenvalue weighted by Crippen LogP contribution is 2.28. The van der Waals surface area contributed by atoms with Crippen LogP contribution in [-0.4, -0.2) is 54.4 Å². The molecular formula is C14H28N2O3S. The van der Waals surface area contributed by atoms with Crippen LogP contribution < -0.4 is 0 Å². The van der Waals surface area contributed by atoms with Gasteiger partial charge in [0.15, 0.2) is 0 Å². The average molecular weight is 304 g/mol. The van der Waals surface area contributed by atoms with Crippen LogP contribution in [0.4, 0.5) is 0 Å². The van der Waals surface area contributed by atoms with Crippen LogP contribution in [-0.2, 0) is 10.2 Å². The molecule has 0 amide bonds. The first-order chi connectivity index (χ1) is 9.55. The van der Waals surface area contributed by atoms with Gasteiger partial charge in [-0.25, -0.2) is 0 Å². The van der Waals surface area contributed by atoms with Crippen molar-refractivity contribution in [3.63, 3.8) is 0 Å². The molecule has 5 nitrogen and oxygen atoms in total. The zero-order valence-electron chi connectivity index (χ0n) is 12.5. The molecule has 2 fully saturated rings. The second-order valence-electron chi connectivity index (χ2n) is 6.24. The summed E-state index contributed by atoms with van der Waals surface area (Å²) in [6, 6.07) is 0.0816. The normalized spacial score (nSPS) is 27.1. The molecule has 1 saturated heterocycles. The molecule has 1 N–H and O–H groups in total. The van der Waals surface area contributed by atoms with E-state index < -0.39 is 10.2 Å². The van der Waals surface area contributed by atoms with Crippen molar-refractivity contribution in [3.05, 3.63) is 0 Å². The molecule has 1 saturated carbocycles. The summed E-state index contributed by atoms with van der Waals surface area (Å²) in [6.45, 7) is 3.49. The maximum Gasteiger partial charge on any atom is 0.282 e. The molecule has 1 heterocycles. The maximum absolute atomic E-state index is 12.9. The molecular weight excluding hydrogens is 276 g/mol. The fraction of sp³-hybridized carbons (Fsp3) is 1.00. The molecule has 1 atom stereocenters. The number of rotatable bonds is 5. The first-order valence-corrected chi connectivity index (χ1v) is 9.33.